The van der Waals surface area contributed by atoms with Gasteiger partial charge in [0.05, 0.1) is 29.1 Å². The van der Waals surface area contributed by atoms with Gasteiger partial charge >= 0.3 is 6.18 Å². The summed E-state index contributed by atoms with van der Waals surface area (Å²) in [5, 5.41) is 22.4. The number of aliphatic hydroxyl groups is 1. The predicted molar refractivity (Wildman–Crippen MR) is 71.1 cm³/mol. The molecular formula is C15H11F4N3O. The van der Waals surface area contributed by atoms with Crippen molar-refractivity contribution in [2.45, 2.75) is 31.5 Å². The number of nitrogens with zero attached hydrogens (tertiary/aromatic N) is 3. The number of fused-ring (bicyclic) bond motifs is 1. The van der Waals surface area contributed by atoms with Crippen molar-refractivity contribution < 1.29 is 22.7 Å². The number of aromatic nitrogens is 2. The van der Waals surface area contributed by atoms with Gasteiger partial charge in [-0.05, 0) is 37.5 Å². The first-order chi connectivity index (χ1) is 10.8. The zero-order valence-electron chi connectivity index (χ0n) is 11.7. The summed E-state index contributed by atoms with van der Waals surface area (Å²) < 4.78 is 54.1. The van der Waals surface area contributed by atoms with Crippen LogP contribution in [-0.2, 0) is 12.6 Å². The van der Waals surface area contributed by atoms with Crippen LogP contribution in [0.15, 0.2) is 18.2 Å². The van der Waals surface area contributed by atoms with E-state index in [1.807, 2.05) is 0 Å². The van der Waals surface area contributed by atoms with Gasteiger partial charge in [-0.2, -0.15) is 23.5 Å². The van der Waals surface area contributed by atoms with Crippen LogP contribution in [0.4, 0.5) is 17.6 Å². The maximum Gasteiger partial charge on any atom is 0.435 e. The molecule has 4 nitrogen and oxygen atoms in total. The Morgan fingerprint density at radius 1 is 1.30 bits per heavy atom. The number of hydrogen-bond donors (Lipinski definition) is 1. The van der Waals surface area contributed by atoms with Crippen molar-refractivity contribution in [1.82, 2.24) is 9.78 Å². The standard InChI is InChI=1S/C15H11F4N3O/c16-9-4-8(7-20)5-10(6-9)22-11-2-1-3-12(23)13(11)14(21-22)15(17,18)19/h4-6,12,23H,1-3H2. The molecule has 0 radical (unpaired) electrons. The molecule has 0 aliphatic heterocycles. The molecule has 1 atom stereocenters. The fourth-order valence-corrected chi connectivity index (χ4v) is 2.85. The van der Waals surface area contributed by atoms with Crippen LogP contribution in [0, 0.1) is 17.1 Å². The quantitative estimate of drug-likeness (QED) is 0.819. The zero-order chi connectivity index (χ0) is 16.8. The highest BCUT2D eigenvalue weighted by Crippen LogP contribution is 2.40. The van der Waals surface area contributed by atoms with Crippen molar-refractivity contribution in [1.29, 1.82) is 5.26 Å². The average molecular weight is 325 g/mol. The predicted octanol–water partition coefficient (Wildman–Crippen LogP) is 3.27. The minimum Gasteiger partial charge on any atom is -0.388 e. The second-order valence-electron chi connectivity index (χ2n) is 5.34. The van der Waals surface area contributed by atoms with Gasteiger partial charge in [0.15, 0.2) is 5.69 Å². The fraction of sp³-hybridized carbons (Fsp3) is 0.333. The van der Waals surface area contributed by atoms with E-state index in [9.17, 15) is 22.7 Å². The number of benzene rings is 1. The molecule has 0 saturated carbocycles. The molecule has 1 unspecified atom stereocenters. The highest BCUT2D eigenvalue weighted by atomic mass is 19.4. The van der Waals surface area contributed by atoms with Crippen molar-refractivity contribution >= 4 is 0 Å². The number of aliphatic hydroxyl groups excluding tert-OH is 1. The molecule has 0 saturated heterocycles. The lowest BCUT2D eigenvalue weighted by atomic mass is 9.92. The molecule has 0 fully saturated rings. The molecule has 1 aliphatic rings. The second-order valence-corrected chi connectivity index (χ2v) is 5.34. The summed E-state index contributed by atoms with van der Waals surface area (Å²) in [6.45, 7) is 0. The lowest BCUT2D eigenvalue weighted by Crippen LogP contribution is -2.15. The highest BCUT2D eigenvalue weighted by Gasteiger charge is 2.42. The third kappa shape index (κ3) is 2.68. The van der Waals surface area contributed by atoms with E-state index in [1.165, 1.54) is 6.07 Å². The van der Waals surface area contributed by atoms with Gasteiger partial charge in [0.1, 0.15) is 5.82 Å². The molecule has 3 rings (SSSR count). The minimum absolute atomic E-state index is 0.0193. The molecule has 120 valence electrons. The van der Waals surface area contributed by atoms with Crippen LogP contribution in [0.3, 0.4) is 0 Å². The normalized spacial score (nSPS) is 17.7. The van der Waals surface area contributed by atoms with Gasteiger partial charge in [-0.25, -0.2) is 9.07 Å². The first kappa shape index (κ1) is 15.5. The molecule has 0 bridgehead atoms. The van der Waals surface area contributed by atoms with Crippen LogP contribution in [0.5, 0.6) is 0 Å². The van der Waals surface area contributed by atoms with Crippen LogP contribution in [0.1, 0.15) is 41.5 Å². The van der Waals surface area contributed by atoms with E-state index in [1.54, 1.807) is 6.07 Å². The second kappa shape index (κ2) is 5.35. The molecule has 1 aromatic heterocycles. The molecule has 0 spiro atoms. The molecule has 1 heterocycles. The molecule has 1 aromatic carbocycles. The molecule has 23 heavy (non-hydrogen) atoms. The first-order valence-electron chi connectivity index (χ1n) is 6.89. The molecule has 1 N–H and O–H groups in total. The summed E-state index contributed by atoms with van der Waals surface area (Å²) in [7, 11) is 0. The number of hydrogen-bond acceptors (Lipinski definition) is 3. The molecule has 2 aromatic rings. The summed E-state index contributed by atoms with van der Waals surface area (Å²) in [5.41, 5.74) is -1.21. The van der Waals surface area contributed by atoms with Crippen LogP contribution in [0.2, 0.25) is 0 Å². The van der Waals surface area contributed by atoms with Gasteiger partial charge in [-0.1, -0.05) is 0 Å². The van der Waals surface area contributed by atoms with Crippen molar-refractivity contribution in [3.05, 3.63) is 46.5 Å². The zero-order valence-corrected chi connectivity index (χ0v) is 11.7. The monoisotopic (exact) mass is 325 g/mol. The van der Waals surface area contributed by atoms with E-state index in [-0.39, 0.29) is 35.3 Å². The van der Waals surface area contributed by atoms with Crippen LogP contribution in [0.25, 0.3) is 5.69 Å². The summed E-state index contributed by atoms with van der Waals surface area (Å²) in [6, 6.07) is 5.01. The Kier molecular flexibility index (Phi) is 3.60. The van der Waals surface area contributed by atoms with Crippen LogP contribution >= 0.6 is 0 Å². The highest BCUT2D eigenvalue weighted by molar-refractivity contribution is 5.45. The van der Waals surface area contributed by atoms with E-state index in [0.29, 0.717) is 6.42 Å². The Bertz CT molecular complexity index is 804. The Morgan fingerprint density at radius 2 is 2.04 bits per heavy atom. The van der Waals surface area contributed by atoms with Crippen molar-refractivity contribution in [2.24, 2.45) is 0 Å². The van der Waals surface area contributed by atoms with Gasteiger partial charge in [0.2, 0.25) is 0 Å². The van der Waals surface area contributed by atoms with Gasteiger partial charge in [0, 0.05) is 5.56 Å². The molecule has 8 heteroatoms. The molecular weight excluding hydrogens is 314 g/mol. The summed E-state index contributed by atoms with van der Waals surface area (Å²) in [6.07, 6.45) is -4.98. The van der Waals surface area contributed by atoms with Gasteiger partial charge in [-0.3, -0.25) is 0 Å². The van der Waals surface area contributed by atoms with E-state index in [2.05, 4.69) is 5.10 Å². The maximum atomic E-state index is 13.6. The lowest BCUT2D eigenvalue weighted by molar-refractivity contribution is -0.143. The van der Waals surface area contributed by atoms with Gasteiger partial charge < -0.3 is 5.11 Å². The summed E-state index contributed by atoms with van der Waals surface area (Å²) in [4.78, 5) is 0. The SMILES string of the molecule is N#Cc1cc(F)cc(-n2nc(C(F)(F)F)c3c2CCCC3O)c1. The Morgan fingerprint density at radius 3 is 2.70 bits per heavy atom. The van der Waals surface area contributed by atoms with E-state index in [0.717, 1.165) is 16.8 Å². The first-order valence-corrected chi connectivity index (χ1v) is 6.89. The van der Waals surface area contributed by atoms with Crippen molar-refractivity contribution in [2.75, 3.05) is 0 Å². The van der Waals surface area contributed by atoms with E-state index in [4.69, 9.17) is 5.26 Å². The van der Waals surface area contributed by atoms with Crippen LogP contribution < -0.4 is 0 Å². The summed E-state index contributed by atoms with van der Waals surface area (Å²) in [5.74, 6) is -0.742. The van der Waals surface area contributed by atoms with Crippen molar-refractivity contribution in [3.8, 4) is 11.8 Å². The van der Waals surface area contributed by atoms with Crippen molar-refractivity contribution in [3.63, 3.8) is 0 Å². The third-order valence-corrected chi connectivity index (χ3v) is 3.77. The number of halogens is 4. The van der Waals surface area contributed by atoms with Gasteiger partial charge in [0.25, 0.3) is 0 Å². The largest absolute Gasteiger partial charge is 0.435 e. The smallest absolute Gasteiger partial charge is 0.388 e. The number of alkyl halides is 3. The Balaban J connectivity index is 2.26. The Labute approximate surface area is 128 Å². The molecule has 0 amide bonds. The maximum absolute atomic E-state index is 13.6. The van der Waals surface area contributed by atoms with Gasteiger partial charge in [-0.15, -0.1) is 0 Å². The molecule has 1 aliphatic carbocycles. The summed E-state index contributed by atoms with van der Waals surface area (Å²) >= 11 is 0. The topological polar surface area (TPSA) is 61.8 Å². The van der Waals surface area contributed by atoms with Crippen LogP contribution in [-0.4, -0.2) is 14.9 Å². The third-order valence-electron chi connectivity index (χ3n) is 3.77. The lowest BCUT2D eigenvalue weighted by Gasteiger charge is -2.20. The minimum atomic E-state index is -4.72. The Hall–Kier alpha value is -2.40. The average Bonchev–Trinajstić information content (AvgIpc) is 2.87. The number of rotatable bonds is 1. The van der Waals surface area contributed by atoms with E-state index < -0.39 is 23.8 Å². The van der Waals surface area contributed by atoms with E-state index >= 15 is 0 Å². The fourth-order valence-electron chi connectivity index (χ4n) is 2.85. The number of nitriles is 1.